The quantitative estimate of drug-likeness (QED) is 0.910. The van der Waals surface area contributed by atoms with E-state index in [0.717, 1.165) is 6.54 Å². The van der Waals surface area contributed by atoms with Gasteiger partial charge in [-0.25, -0.2) is 0 Å². The third-order valence-electron chi connectivity index (χ3n) is 4.38. The first-order valence-electron chi connectivity index (χ1n) is 6.73. The number of hydrogen-bond acceptors (Lipinski definition) is 3. The molecule has 0 aliphatic carbocycles. The lowest BCUT2D eigenvalue weighted by Crippen LogP contribution is -2.60. The van der Waals surface area contributed by atoms with Gasteiger partial charge in [0.25, 0.3) is 0 Å². The van der Waals surface area contributed by atoms with Gasteiger partial charge in [0.05, 0.1) is 5.54 Å². The Labute approximate surface area is 115 Å². The van der Waals surface area contributed by atoms with E-state index in [0.29, 0.717) is 5.25 Å². The highest BCUT2D eigenvalue weighted by Crippen LogP contribution is 2.40. The first-order chi connectivity index (χ1) is 8.62. The van der Waals surface area contributed by atoms with Gasteiger partial charge in [-0.3, -0.25) is 0 Å². The van der Waals surface area contributed by atoms with E-state index in [4.69, 9.17) is 5.73 Å². The smallest absolute Gasteiger partial charge is 0.0636 e. The van der Waals surface area contributed by atoms with Crippen molar-refractivity contribution in [1.29, 1.82) is 0 Å². The molecule has 1 heterocycles. The molecule has 1 fully saturated rings. The number of rotatable bonds is 3. The highest BCUT2D eigenvalue weighted by Gasteiger charge is 2.41. The number of aryl methyl sites for hydroxylation is 1. The second kappa shape index (κ2) is 5.54. The molecule has 2 N–H and O–H groups in total. The molecule has 0 radical (unpaired) electrons. The standard InChI is InChI=1S/C15H24N2S/c1-12-7-4-5-8-14(12)17(3)15(11-16)9-6-10-18-13(15)2/h4-5,7-8,13H,6,9-11,16H2,1-3H3. The van der Waals surface area contributed by atoms with E-state index in [1.165, 1.54) is 29.8 Å². The van der Waals surface area contributed by atoms with Crippen molar-refractivity contribution in [2.75, 3.05) is 24.2 Å². The van der Waals surface area contributed by atoms with Crippen LogP contribution in [0.1, 0.15) is 25.3 Å². The summed E-state index contributed by atoms with van der Waals surface area (Å²) in [5.74, 6) is 1.27. The van der Waals surface area contributed by atoms with E-state index >= 15 is 0 Å². The van der Waals surface area contributed by atoms with E-state index < -0.39 is 0 Å². The lowest BCUT2D eigenvalue weighted by atomic mass is 9.87. The maximum Gasteiger partial charge on any atom is 0.0636 e. The number of nitrogens with zero attached hydrogens (tertiary/aromatic N) is 1. The number of benzene rings is 1. The second-order valence-electron chi connectivity index (χ2n) is 5.27. The molecule has 100 valence electrons. The number of hydrogen-bond donors (Lipinski definition) is 1. The van der Waals surface area contributed by atoms with Crippen LogP contribution < -0.4 is 10.6 Å². The van der Waals surface area contributed by atoms with Gasteiger partial charge in [-0.1, -0.05) is 25.1 Å². The maximum atomic E-state index is 6.16. The molecule has 2 nitrogen and oxygen atoms in total. The Bertz CT molecular complexity index is 407. The van der Waals surface area contributed by atoms with Crippen LogP contribution in [0.5, 0.6) is 0 Å². The Morgan fingerprint density at radius 1 is 1.44 bits per heavy atom. The van der Waals surface area contributed by atoms with Crippen LogP contribution in [0.4, 0.5) is 5.69 Å². The minimum absolute atomic E-state index is 0.106. The van der Waals surface area contributed by atoms with Crippen LogP contribution in [0.25, 0.3) is 0 Å². The number of anilines is 1. The van der Waals surface area contributed by atoms with Gasteiger partial charge in [0.2, 0.25) is 0 Å². The van der Waals surface area contributed by atoms with Crippen LogP contribution in [-0.2, 0) is 0 Å². The lowest BCUT2D eigenvalue weighted by molar-refractivity contribution is 0.367. The summed E-state index contributed by atoms with van der Waals surface area (Å²) in [6.45, 7) is 5.23. The van der Waals surface area contributed by atoms with Crippen molar-refractivity contribution in [1.82, 2.24) is 0 Å². The normalized spacial score (nSPS) is 28.1. The fraction of sp³-hybridized carbons (Fsp3) is 0.600. The SMILES string of the molecule is Cc1ccccc1N(C)C1(CN)CCCSC1C. The fourth-order valence-corrected chi connectivity index (χ4v) is 4.37. The van der Waals surface area contributed by atoms with Gasteiger partial charge >= 0.3 is 0 Å². The number of likely N-dealkylation sites (N-methyl/N-ethyl adjacent to an activating group) is 1. The summed E-state index contributed by atoms with van der Waals surface area (Å²) < 4.78 is 0. The molecule has 1 aromatic carbocycles. The van der Waals surface area contributed by atoms with Crippen LogP contribution in [0, 0.1) is 6.92 Å². The van der Waals surface area contributed by atoms with Crippen LogP contribution in [0.3, 0.4) is 0 Å². The summed E-state index contributed by atoms with van der Waals surface area (Å²) in [5, 5.41) is 0.584. The monoisotopic (exact) mass is 264 g/mol. The molecule has 2 atom stereocenters. The number of thioether (sulfide) groups is 1. The first kappa shape index (κ1) is 13.8. The van der Waals surface area contributed by atoms with Gasteiger partial charge in [0, 0.05) is 24.5 Å². The predicted molar refractivity (Wildman–Crippen MR) is 82.5 cm³/mol. The molecule has 18 heavy (non-hydrogen) atoms. The Balaban J connectivity index is 2.35. The zero-order chi connectivity index (χ0) is 13.2. The van der Waals surface area contributed by atoms with Crippen molar-refractivity contribution < 1.29 is 0 Å². The molecule has 1 aliphatic heterocycles. The average molecular weight is 264 g/mol. The molecule has 0 spiro atoms. The van der Waals surface area contributed by atoms with Crippen molar-refractivity contribution in [3.05, 3.63) is 29.8 Å². The van der Waals surface area contributed by atoms with Crippen LogP contribution >= 0.6 is 11.8 Å². The molecule has 3 heteroatoms. The molecular formula is C15H24N2S. The molecule has 0 saturated carbocycles. The third kappa shape index (κ3) is 2.26. The van der Waals surface area contributed by atoms with Gasteiger partial charge < -0.3 is 10.6 Å². The number of nitrogens with two attached hydrogens (primary N) is 1. The summed E-state index contributed by atoms with van der Waals surface area (Å²) in [4.78, 5) is 2.43. The van der Waals surface area contributed by atoms with E-state index in [1.807, 2.05) is 0 Å². The Morgan fingerprint density at radius 3 is 2.78 bits per heavy atom. The molecule has 0 bridgehead atoms. The van der Waals surface area contributed by atoms with Crippen molar-refractivity contribution in [3.8, 4) is 0 Å². The molecule has 1 saturated heterocycles. The van der Waals surface area contributed by atoms with Crippen LogP contribution in [0.15, 0.2) is 24.3 Å². The zero-order valence-electron chi connectivity index (χ0n) is 11.6. The highest BCUT2D eigenvalue weighted by molar-refractivity contribution is 8.00. The van der Waals surface area contributed by atoms with Crippen LogP contribution in [0.2, 0.25) is 0 Å². The minimum atomic E-state index is 0.106. The summed E-state index contributed by atoms with van der Waals surface area (Å²) in [5.41, 5.74) is 8.91. The molecule has 0 amide bonds. The van der Waals surface area contributed by atoms with E-state index in [1.54, 1.807) is 0 Å². The average Bonchev–Trinajstić information content (AvgIpc) is 2.39. The second-order valence-corrected chi connectivity index (χ2v) is 6.72. The first-order valence-corrected chi connectivity index (χ1v) is 7.78. The van der Waals surface area contributed by atoms with Crippen molar-refractivity contribution in [3.63, 3.8) is 0 Å². The fourth-order valence-electron chi connectivity index (χ4n) is 3.02. The van der Waals surface area contributed by atoms with E-state index in [9.17, 15) is 0 Å². The van der Waals surface area contributed by atoms with Crippen molar-refractivity contribution >= 4 is 17.4 Å². The van der Waals surface area contributed by atoms with Crippen molar-refractivity contribution in [2.24, 2.45) is 5.73 Å². The zero-order valence-corrected chi connectivity index (χ0v) is 12.5. The third-order valence-corrected chi connectivity index (χ3v) is 5.84. The summed E-state index contributed by atoms with van der Waals surface area (Å²) in [6, 6.07) is 8.60. The predicted octanol–water partition coefficient (Wildman–Crippen LogP) is 3.04. The lowest BCUT2D eigenvalue weighted by Gasteiger charge is -2.49. The molecular weight excluding hydrogens is 240 g/mol. The molecule has 2 rings (SSSR count). The Morgan fingerprint density at radius 2 is 2.17 bits per heavy atom. The molecule has 1 aliphatic rings. The molecule has 0 aromatic heterocycles. The number of para-hydroxylation sites is 1. The van der Waals surface area contributed by atoms with Gasteiger partial charge in [-0.15, -0.1) is 0 Å². The van der Waals surface area contributed by atoms with E-state index in [2.05, 4.69) is 61.8 Å². The van der Waals surface area contributed by atoms with Gasteiger partial charge in [0.1, 0.15) is 0 Å². The van der Waals surface area contributed by atoms with Crippen LogP contribution in [-0.4, -0.2) is 30.1 Å². The van der Waals surface area contributed by atoms with Gasteiger partial charge in [0.15, 0.2) is 0 Å². The van der Waals surface area contributed by atoms with Gasteiger partial charge in [-0.2, -0.15) is 11.8 Å². The Hall–Kier alpha value is -0.670. The molecule has 2 unspecified atom stereocenters. The highest BCUT2D eigenvalue weighted by atomic mass is 32.2. The Kier molecular flexibility index (Phi) is 4.23. The summed E-state index contributed by atoms with van der Waals surface area (Å²) in [7, 11) is 2.21. The minimum Gasteiger partial charge on any atom is -0.366 e. The van der Waals surface area contributed by atoms with E-state index in [-0.39, 0.29) is 5.54 Å². The van der Waals surface area contributed by atoms with Gasteiger partial charge in [-0.05, 0) is 37.1 Å². The molecule has 1 aromatic rings. The van der Waals surface area contributed by atoms with Crippen molar-refractivity contribution in [2.45, 2.75) is 37.5 Å². The topological polar surface area (TPSA) is 29.3 Å². The summed E-state index contributed by atoms with van der Waals surface area (Å²) >= 11 is 2.06. The maximum absolute atomic E-state index is 6.16. The largest absolute Gasteiger partial charge is 0.366 e. The summed E-state index contributed by atoms with van der Waals surface area (Å²) in [6.07, 6.45) is 2.46.